The summed E-state index contributed by atoms with van der Waals surface area (Å²) in [6.07, 6.45) is 8.38. The number of benzene rings is 1. The minimum atomic E-state index is -5.22. The van der Waals surface area contributed by atoms with Crippen LogP contribution in [0.15, 0.2) is 24.3 Å². The number of phosphoric ester groups is 1. The Morgan fingerprint density at radius 3 is 1.58 bits per heavy atom. The zero-order valence-corrected chi connectivity index (χ0v) is 30.2. The molecule has 23 heteroatoms. The molecule has 2 atom stereocenters. The Morgan fingerprint density at radius 1 is 0.729 bits per heavy atom. The van der Waals surface area contributed by atoms with Crippen LogP contribution in [-0.4, -0.2) is 116 Å². The van der Waals surface area contributed by atoms with Crippen LogP contribution in [0.25, 0.3) is 0 Å². The first kappa shape index (κ1) is 50.0. The van der Waals surface area contributed by atoms with Crippen molar-refractivity contribution in [1.82, 2.24) is 0 Å². The van der Waals surface area contributed by atoms with Crippen LogP contribution < -0.4 is 0 Å². The van der Waals surface area contributed by atoms with Gasteiger partial charge in [0.15, 0.2) is 0 Å². The van der Waals surface area contributed by atoms with E-state index in [2.05, 4.69) is 20.1 Å². The van der Waals surface area contributed by atoms with Gasteiger partial charge in [0.2, 0.25) is 0 Å². The summed E-state index contributed by atoms with van der Waals surface area (Å²) in [6, 6.07) is 7.57. The maximum absolute atomic E-state index is 11.0. The number of hydrogen-bond acceptors (Lipinski definition) is 16. The Kier molecular flexibility index (Phi) is 27.7. The lowest BCUT2D eigenvalue weighted by molar-refractivity contribution is -0.0855. The molecule has 14 N–H and O–H groups in total. The smallest absolute Gasteiger partial charge is 0.396 e. The summed E-state index contributed by atoms with van der Waals surface area (Å²) in [5.41, 5.74) is -1.20. The highest BCUT2D eigenvalue weighted by molar-refractivity contribution is 7.60. The number of phosphoric acid groups is 2. The molecule has 1 aromatic rings. The van der Waals surface area contributed by atoms with Crippen LogP contribution in [0.2, 0.25) is 0 Å². The average Bonchev–Trinajstić information content (AvgIpc) is 3.01. The number of aryl methyl sites for hydroxylation is 1. The number of hydrogen-bond donors (Lipinski definition) is 14. The van der Waals surface area contributed by atoms with Crippen molar-refractivity contribution in [2.45, 2.75) is 64.4 Å². The predicted molar refractivity (Wildman–Crippen MR) is 173 cm³/mol. The minimum Gasteiger partial charge on any atom is -0.396 e. The number of aliphatic hydroxyl groups excluding tert-OH is 7. The quantitative estimate of drug-likeness (QED) is 0.0533. The van der Waals surface area contributed by atoms with Gasteiger partial charge in [0.25, 0.3) is 0 Å². The molecule has 2 unspecified atom stereocenters. The van der Waals surface area contributed by atoms with Gasteiger partial charge in [-0.05, 0) is 24.0 Å². The molecule has 0 aliphatic rings. The molecular weight excluding hydrogens is 728 g/mol. The molecule has 286 valence electrons. The zero-order chi connectivity index (χ0) is 37.4. The van der Waals surface area contributed by atoms with Crippen molar-refractivity contribution < 1.29 is 92.3 Å². The number of aliphatic hydroxyl groups is 7. The second-order valence-electron chi connectivity index (χ2n) is 10.7. The van der Waals surface area contributed by atoms with Gasteiger partial charge in [0.05, 0.1) is 63.2 Å². The largest absolute Gasteiger partial charge is 0.481 e. The molecule has 0 bridgehead atoms. The van der Waals surface area contributed by atoms with Crippen molar-refractivity contribution in [2.75, 3.05) is 46.2 Å². The van der Waals surface area contributed by atoms with Gasteiger partial charge in [-0.25, -0.2) is 13.4 Å². The molecule has 0 saturated heterocycles. The fraction of sp³-hybridized carbons (Fsp3) is 0.760. The lowest BCUT2D eigenvalue weighted by Gasteiger charge is -2.34. The molecule has 19 nitrogen and oxygen atoms in total. The summed E-state index contributed by atoms with van der Waals surface area (Å²) >= 11 is 0. The summed E-state index contributed by atoms with van der Waals surface area (Å²) in [6.45, 7) is -2.31. The second kappa shape index (κ2) is 26.6. The monoisotopic (exact) mass is 780 g/mol. The van der Waals surface area contributed by atoms with Crippen molar-refractivity contribution in [3.8, 4) is 0 Å². The average molecular weight is 781 g/mol. The lowest BCUT2D eigenvalue weighted by Crippen LogP contribution is -2.40. The van der Waals surface area contributed by atoms with Crippen LogP contribution in [0.5, 0.6) is 0 Å². The number of unbranched alkanes of at least 4 members (excludes halogenated alkanes) is 6. The predicted octanol–water partition coefficient (Wildman–Crippen LogP) is 0.578. The highest BCUT2D eigenvalue weighted by Crippen LogP contribution is 2.58. The Labute approximate surface area is 281 Å². The maximum atomic E-state index is 11.0. The van der Waals surface area contributed by atoms with Crippen LogP contribution in [-0.2, 0) is 28.7 Å². The van der Waals surface area contributed by atoms with E-state index in [1.165, 1.54) is 38.5 Å². The van der Waals surface area contributed by atoms with Gasteiger partial charge in [-0.3, -0.25) is 4.52 Å². The summed E-state index contributed by atoms with van der Waals surface area (Å²) in [5.74, 6) is 0. The summed E-state index contributed by atoms with van der Waals surface area (Å²) in [7, 11) is -15.5. The molecule has 0 heterocycles. The lowest BCUT2D eigenvalue weighted by atomic mass is 9.79. The van der Waals surface area contributed by atoms with E-state index in [9.17, 15) is 29.6 Å². The molecule has 48 heavy (non-hydrogen) atoms. The van der Waals surface area contributed by atoms with E-state index in [1.54, 1.807) is 0 Å². The molecule has 0 aromatic heterocycles. The van der Waals surface area contributed by atoms with E-state index >= 15 is 0 Å². The fourth-order valence-electron chi connectivity index (χ4n) is 3.77. The van der Waals surface area contributed by atoms with Crippen LogP contribution in [0, 0.1) is 10.8 Å². The third-order valence-corrected chi connectivity index (χ3v) is 10.1. The highest BCUT2D eigenvalue weighted by atomic mass is 31.3. The normalized spacial score (nSPS) is 14.2. The van der Waals surface area contributed by atoms with Crippen LogP contribution in [0.1, 0.15) is 69.1 Å². The Morgan fingerprint density at radius 2 is 1.19 bits per heavy atom. The van der Waals surface area contributed by atoms with E-state index < -0.39 is 96.0 Å². The van der Waals surface area contributed by atoms with Gasteiger partial charge >= 0.3 is 32.9 Å². The molecule has 0 amide bonds. The van der Waals surface area contributed by atoms with Gasteiger partial charge in [0.1, 0.15) is 0 Å². The zero-order valence-electron chi connectivity index (χ0n) is 26.6. The summed E-state index contributed by atoms with van der Waals surface area (Å²) in [4.78, 5) is 56.7. The molecule has 0 saturated carbocycles. The molecule has 0 aliphatic heterocycles. The molecular formula is C25H52O19P4. The van der Waals surface area contributed by atoms with Crippen LogP contribution in [0.4, 0.5) is 0 Å². The molecule has 1 aromatic carbocycles. The van der Waals surface area contributed by atoms with Crippen LogP contribution in [0.3, 0.4) is 0 Å². The molecule has 0 aliphatic carbocycles. The SMILES string of the molecule is CCCCCCCCCc1ccccc1C(O)C(CO)(CO)CO.O=P(O)(O)OP(=O)(O)OCC(CO)(CO)CO.OP(O)OP(O)O. The highest BCUT2D eigenvalue weighted by Gasteiger charge is 2.39. The first-order chi connectivity index (χ1) is 22.4. The maximum Gasteiger partial charge on any atom is 0.481 e. The molecule has 0 spiro atoms. The Bertz CT molecular complexity index is 1010. The first-order valence-electron chi connectivity index (χ1n) is 14.6. The van der Waals surface area contributed by atoms with Gasteiger partial charge in [-0.2, -0.15) is 4.31 Å². The molecule has 1 rings (SSSR count). The first-order valence-corrected chi connectivity index (χ1v) is 19.9. The van der Waals surface area contributed by atoms with Gasteiger partial charge in [-0.1, -0.05) is 69.7 Å². The van der Waals surface area contributed by atoms with Gasteiger partial charge in [-0.15, -0.1) is 0 Å². The second-order valence-corrected chi connectivity index (χ2v) is 15.2. The van der Waals surface area contributed by atoms with Crippen LogP contribution >= 0.6 is 32.9 Å². The standard InChI is InChI=1S/C20H34O4.C5H14O10P2.H4O5P2/c1-2-3-4-5-6-7-8-11-17-12-9-10-13-18(17)19(24)20(14-21,15-22)16-23;6-1-5(2-7,3-8)4-14-17(12,13)15-16(9,10)11;1-6(2)5-7(3)4/h9-10,12-13,19,21-24H,2-8,11,14-16H2,1H3;6-8H,1-4H2,(H,12,13)(H2,9,10,11);1-4H. The van der Waals surface area contributed by atoms with E-state index in [-0.39, 0.29) is 0 Å². The van der Waals surface area contributed by atoms with E-state index in [4.69, 9.17) is 49.6 Å². The van der Waals surface area contributed by atoms with Crippen molar-refractivity contribution >= 4 is 32.9 Å². The van der Waals surface area contributed by atoms with Crippen molar-refractivity contribution in [3.05, 3.63) is 35.4 Å². The van der Waals surface area contributed by atoms with Crippen molar-refractivity contribution in [3.63, 3.8) is 0 Å². The fourth-order valence-corrected chi connectivity index (χ4v) is 5.99. The Hall–Kier alpha value is -0.140. The third kappa shape index (κ3) is 21.9. The summed E-state index contributed by atoms with van der Waals surface area (Å²) in [5, 5.41) is 65.8. The minimum absolute atomic E-state index is 0.465. The topological polar surface area (TPSA) is 345 Å². The van der Waals surface area contributed by atoms with E-state index in [0.717, 1.165) is 18.4 Å². The van der Waals surface area contributed by atoms with Gasteiger partial charge < -0.3 is 70.0 Å². The Balaban J connectivity index is 0. The molecule has 0 fully saturated rings. The van der Waals surface area contributed by atoms with Crippen molar-refractivity contribution in [2.24, 2.45) is 10.8 Å². The third-order valence-electron chi connectivity index (χ3n) is 6.82. The van der Waals surface area contributed by atoms with Gasteiger partial charge in [0, 0.05) is 0 Å². The summed E-state index contributed by atoms with van der Waals surface area (Å²) < 4.78 is 32.5. The number of rotatable bonds is 23. The molecule has 0 radical (unpaired) electrons. The van der Waals surface area contributed by atoms with E-state index in [1.807, 2.05) is 24.3 Å². The van der Waals surface area contributed by atoms with E-state index in [0.29, 0.717) is 5.56 Å². The van der Waals surface area contributed by atoms with Crippen molar-refractivity contribution in [1.29, 1.82) is 0 Å².